The summed E-state index contributed by atoms with van der Waals surface area (Å²) in [7, 11) is 1.63. The Bertz CT molecular complexity index is 289. The van der Waals surface area contributed by atoms with E-state index in [1.54, 1.807) is 7.05 Å². The predicted octanol–water partition coefficient (Wildman–Crippen LogP) is 0.672. The number of nitrogens with one attached hydrogen (secondary N) is 1. The second kappa shape index (κ2) is 5.86. The summed E-state index contributed by atoms with van der Waals surface area (Å²) >= 11 is 0. The van der Waals surface area contributed by atoms with Gasteiger partial charge in [-0.15, -0.1) is 0 Å². The molecular weight excluding hydrogens is 224 g/mol. The maximum atomic E-state index is 11.7. The first-order valence-corrected chi connectivity index (χ1v) is 5.86. The van der Waals surface area contributed by atoms with Crippen molar-refractivity contribution in [3.8, 4) is 0 Å². The molecule has 0 heterocycles. The van der Waals surface area contributed by atoms with Crippen molar-refractivity contribution in [1.82, 2.24) is 10.2 Å². The fourth-order valence-electron chi connectivity index (χ4n) is 1.67. The number of likely N-dealkylation sites (N-methyl/N-ethyl adjacent to an activating group) is 1. The molecule has 0 spiro atoms. The van der Waals surface area contributed by atoms with Gasteiger partial charge in [-0.3, -0.25) is 0 Å². The molecule has 0 radical (unpaired) electrons. The van der Waals surface area contributed by atoms with Gasteiger partial charge in [-0.2, -0.15) is 0 Å². The number of rotatable bonds is 6. The van der Waals surface area contributed by atoms with Crippen molar-refractivity contribution < 1.29 is 19.4 Å². The molecule has 1 rings (SSSR count). The number of carboxylic acid groups (broad SMARTS) is 1. The molecule has 0 atom stereocenters. The molecule has 0 aromatic heterocycles. The summed E-state index contributed by atoms with van der Waals surface area (Å²) < 4.78 is 5.13. The maximum absolute atomic E-state index is 11.7. The van der Waals surface area contributed by atoms with Gasteiger partial charge in [-0.1, -0.05) is 0 Å². The smallest absolute Gasteiger partial charge is 0.329 e. The average Bonchev–Trinajstić information content (AvgIpc) is 2.22. The van der Waals surface area contributed by atoms with Gasteiger partial charge in [0.2, 0.25) is 0 Å². The van der Waals surface area contributed by atoms with Crippen molar-refractivity contribution in [2.24, 2.45) is 0 Å². The normalized spacial score (nSPS) is 17.1. The Labute approximate surface area is 101 Å². The SMILES string of the molecule is CCOCCN(C)C(=O)NC1(C(=O)O)CCC1. The van der Waals surface area contributed by atoms with Gasteiger partial charge < -0.3 is 20.1 Å². The first-order valence-electron chi connectivity index (χ1n) is 5.86. The Morgan fingerprint density at radius 1 is 1.47 bits per heavy atom. The molecule has 2 amide bonds. The first-order chi connectivity index (χ1) is 8.02. The number of urea groups is 1. The second-order valence-electron chi connectivity index (χ2n) is 4.29. The van der Waals surface area contributed by atoms with Gasteiger partial charge in [0.05, 0.1) is 6.61 Å². The highest BCUT2D eigenvalue weighted by Crippen LogP contribution is 2.32. The number of carbonyl (C=O) groups is 2. The van der Waals surface area contributed by atoms with Gasteiger partial charge in [0.15, 0.2) is 0 Å². The van der Waals surface area contributed by atoms with E-state index in [1.165, 1.54) is 4.90 Å². The summed E-state index contributed by atoms with van der Waals surface area (Å²) in [4.78, 5) is 24.3. The van der Waals surface area contributed by atoms with Gasteiger partial charge in [0, 0.05) is 20.2 Å². The van der Waals surface area contributed by atoms with E-state index in [1.807, 2.05) is 6.92 Å². The first kappa shape index (κ1) is 13.8. The fraction of sp³-hybridized carbons (Fsp3) is 0.818. The minimum absolute atomic E-state index is 0.355. The minimum Gasteiger partial charge on any atom is -0.480 e. The summed E-state index contributed by atoms with van der Waals surface area (Å²) in [6.07, 6.45) is 1.86. The predicted molar refractivity (Wildman–Crippen MR) is 61.9 cm³/mol. The van der Waals surface area contributed by atoms with E-state index in [0.717, 1.165) is 6.42 Å². The van der Waals surface area contributed by atoms with Crippen LogP contribution in [0.25, 0.3) is 0 Å². The van der Waals surface area contributed by atoms with Crippen molar-refractivity contribution in [3.63, 3.8) is 0 Å². The lowest BCUT2D eigenvalue weighted by molar-refractivity contribution is -0.148. The van der Waals surface area contributed by atoms with Crippen molar-refractivity contribution in [2.45, 2.75) is 31.7 Å². The second-order valence-corrected chi connectivity index (χ2v) is 4.29. The number of aliphatic carboxylic acids is 1. The molecule has 1 aliphatic rings. The monoisotopic (exact) mass is 244 g/mol. The number of nitrogens with zero attached hydrogens (tertiary/aromatic N) is 1. The molecule has 0 unspecified atom stereocenters. The molecule has 0 aliphatic heterocycles. The molecule has 17 heavy (non-hydrogen) atoms. The van der Waals surface area contributed by atoms with Crippen LogP contribution in [0.15, 0.2) is 0 Å². The van der Waals surface area contributed by atoms with Gasteiger partial charge in [0.1, 0.15) is 5.54 Å². The highest BCUT2D eigenvalue weighted by atomic mass is 16.5. The average molecular weight is 244 g/mol. The van der Waals surface area contributed by atoms with Crippen LogP contribution in [0.1, 0.15) is 26.2 Å². The van der Waals surface area contributed by atoms with Crippen LogP contribution in [0.3, 0.4) is 0 Å². The molecule has 2 N–H and O–H groups in total. The topological polar surface area (TPSA) is 78.9 Å². The van der Waals surface area contributed by atoms with E-state index in [9.17, 15) is 9.59 Å². The lowest BCUT2D eigenvalue weighted by Gasteiger charge is -2.39. The zero-order valence-corrected chi connectivity index (χ0v) is 10.4. The lowest BCUT2D eigenvalue weighted by atomic mass is 9.77. The Morgan fingerprint density at radius 3 is 2.53 bits per heavy atom. The van der Waals surface area contributed by atoms with E-state index in [2.05, 4.69) is 5.32 Å². The molecule has 0 aromatic rings. The summed E-state index contributed by atoms with van der Waals surface area (Å²) in [5.41, 5.74) is -1.04. The van der Waals surface area contributed by atoms with E-state index >= 15 is 0 Å². The Kier molecular flexibility index (Phi) is 4.74. The zero-order valence-electron chi connectivity index (χ0n) is 10.4. The van der Waals surface area contributed by atoms with Crippen molar-refractivity contribution in [2.75, 3.05) is 26.8 Å². The highest BCUT2D eigenvalue weighted by Gasteiger charge is 2.46. The van der Waals surface area contributed by atoms with Gasteiger partial charge >= 0.3 is 12.0 Å². The molecule has 0 aromatic carbocycles. The van der Waals surface area contributed by atoms with Crippen LogP contribution in [-0.2, 0) is 9.53 Å². The van der Waals surface area contributed by atoms with E-state index in [0.29, 0.717) is 32.6 Å². The number of carboxylic acids is 1. The quantitative estimate of drug-likeness (QED) is 0.673. The van der Waals surface area contributed by atoms with E-state index < -0.39 is 11.5 Å². The summed E-state index contributed by atoms with van der Waals surface area (Å²) in [6, 6.07) is -0.355. The maximum Gasteiger partial charge on any atom is 0.329 e. The van der Waals surface area contributed by atoms with Crippen LogP contribution in [-0.4, -0.2) is 54.4 Å². The number of ether oxygens (including phenoxy) is 1. The molecule has 6 nitrogen and oxygen atoms in total. The molecule has 1 fully saturated rings. The molecule has 0 bridgehead atoms. The van der Waals surface area contributed by atoms with E-state index in [4.69, 9.17) is 9.84 Å². The third-order valence-corrected chi connectivity index (χ3v) is 3.08. The van der Waals surface area contributed by atoms with Crippen molar-refractivity contribution in [1.29, 1.82) is 0 Å². The van der Waals surface area contributed by atoms with Crippen molar-refractivity contribution >= 4 is 12.0 Å². The van der Waals surface area contributed by atoms with Gasteiger partial charge in [-0.05, 0) is 26.2 Å². The van der Waals surface area contributed by atoms with Gasteiger partial charge in [0.25, 0.3) is 0 Å². The van der Waals surface area contributed by atoms with Gasteiger partial charge in [-0.25, -0.2) is 9.59 Å². The van der Waals surface area contributed by atoms with Crippen LogP contribution in [0.5, 0.6) is 0 Å². The van der Waals surface area contributed by atoms with Crippen LogP contribution in [0.2, 0.25) is 0 Å². The molecule has 1 saturated carbocycles. The van der Waals surface area contributed by atoms with Crippen LogP contribution < -0.4 is 5.32 Å². The molecule has 6 heteroatoms. The van der Waals surface area contributed by atoms with Crippen LogP contribution in [0.4, 0.5) is 4.79 Å². The highest BCUT2D eigenvalue weighted by molar-refractivity contribution is 5.87. The summed E-state index contributed by atoms with van der Waals surface area (Å²) in [5.74, 6) is -0.949. The number of amides is 2. The molecular formula is C11H20N2O4. The number of hydrogen-bond acceptors (Lipinski definition) is 3. The molecule has 0 saturated heterocycles. The van der Waals surface area contributed by atoms with Crippen molar-refractivity contribution in [3.05, 3.63) is 0 Å². The van der Waals surface area contributed by atoms with E-state index in [-0.39, 0.29) is 6.03 Å². The summed E-state index contributed by atoms with van der Waals surface area (Å²) in [5, 5.41) is 11.7. The Balaban J connectivity index is 2.39. The molecule has 1 aliphatic carbocycles. The number of hydrogen-bond donors (Lipinski definition) is 2. The van der Waals surface area contributed by atoms with Crippen LogP contribution in [0, 0.1) is 0 Å². The fourth-order valence-corrected chi connectivity index (χ4v) is 1.67. The minimum atomic E-state index is -1.04. The third kappa shape index (κ3) is 3.33. The standard InChI is InChI=1S/C11H20N2O4/c1-3-17-8-7-13(2)10(16)12-11(9(14)15)5-4-6-11/h3-8H2,1-2H3,(H,12,16)(H,14,15). The summed E-state index contributed by atoms with van der Waals surface area (Å²) in [6.45, 7) is 3.40. The number of carbonyl (C=O) groups excluding carboxylic acids is 1. The Hall–Kier alpha value is -1.30. The zero-order chi connectivity index (χ0) is 12.9. The molecule has 98 valence electrons. The lowest BCUT2D eigenvalue weighted by Crippen LogP contribution is -2.61. The largest absolute Gasteiger partial charge is 0.480 e. The Morgan fingerprint density at radius 2 is 2.12 bits per heavy atom. The third-order valence-electron chi connectivity index (χ3n) is 3.08. The van der Waals surface area contributed by atoms with Crippen LogP contribution >= 0.6 is 0 Å².